The van der Waals surface area contributed by atoms with E-state index in [1.165, 1.54) is 0 Å². The van der Waals surface area contributed by atoms with Crippen molar-refractivity contribution in [3.05, 3.63) is 90.0 Å². The molecule has 0 saturated carbocycles. The Balaban J connectivity index is 1.73. The Hall–Kier alpha value is -3.60. The van der Waals surface area contributed by atoms with Crippen molar-refractivity contribution in [1.29, 1.82) is 0 Å². The summed E-state index contributed by atoms with van der Waals surface area (Å²) in [5.74, 6) is 0.873. The quantitative estimate of drug-likeness (QED) is 0.451. The molecule has 166 valence electrons. The summed E-state index contributed by atoms with van der Waals surface area (Å²) in [4.78, 5) is 27.8. The maximum Gasteiger partial charge on any atom is 0.260 e. The van der Waals surface area contributed by atoms with Gasteiger partial charge in [-0.15, -0.1) is 0 Å². The van der Waals surface area contributed by atoms with E-state index in [0.717, 1.165) is 17.9 Å². The average Bonchev–Trinajstić information content (AvgIpc) is 2.81. The Morgan fingerprint density at radius 3 is 2.22 bits per heavy atom. The van der Waals surface area contributed by atoms with Crippen molar-refractivity contribution in [1.82, 2.24) is 0 Å². The molecule has 0 unspecified atom stereocenters. The number of amides is 2. The van der Waals surface area contributed by atoms with Crippen molar-refractivity contribution < 1.29 is 14.3 Å². The molecule has 3 aromatic rings. The van der Waals surface area contributed by atoms with Gasteiger partial charge in [0.2, 0.25) is 0 Å². The van der Waals surface area contributed by atoms with Crippen LogP contribution in [-0.4, -0.2) is 25.0 Å². The molecule has 32 heavy (non-hydrogen) atoms. The molecule has 2 amide bonds. The molecule has 0 aromatic heterocycles. The summed E-state index contributed by atoms with van der Waals surface area (Å²) in [5, 5.41) is 2.89. The zero-order valence-corrected chi connectivity index (χ0v) is 18.9. The van der Waals surface area contributed by atoms with E-state index in [1.807, 2.05) is 37.3 Å². The highest BCUT2D eigenvalue weighted by Gasteiger charge is 2.20. The Morgan fingerprint density at radius 2 is 1.56 bits per heavy atom. The summed E-state index contributed by atoms with van der Waals surface area (Å²) < 4.78 is 5.72. The summed E-state index contributed by atoms with van der Waals surface area (Å²) >= 11 is 0. The molecular weight excluding hydrogens is 400 g/mol. The fourth-order valence-corrected chi connectivity index (χ4v) is 3.28. The lowest BCUT2D eigenvalue weighted by atomic mass is 10.1. The third-order valence-electron chi connectivity index (χ3n) is 5.12. The second-order valence-electron chi connectivity index (χ2n) is 7.94. The lowest BCUT2D eigenvalue weighted by Gasteiger charge is -2.22. The van der Waals surface area contributed by atoms with E-state index >= 15 is 0 Å². The molecule has 0 fully saturated rings. The van der Waals surface area contributed by atoms with Crippen molar-refractivity contribution in [3.63, 3.8) is 0 Å². The van der Waals surface area contributed by atoms with Gasteiger partial charge in [0.1, 0.15) is 5.75 Å². The fourth-order valence-electron chi connectivity index (χ4n) is 3.28. The molecule has 1 N–H and O–H groups in total. The van der Waals surface area contributed by atoms with Crippen LogP contribution in [0.1, 0.15) is 47.9 Å². The number of hydrogen-bond acceptors (Lipinski definition) is 3. The Kier molecular flexibility index (Phi) is 8.03. The summed E-state index contributed by atoms with van der Waals surface area (Å²) in [6.07, 6.45) is 0.977. The first-order chi connectivity index (χ1) is 15.5. The molecule has 3 aromatic carbocycles. The van der Waals surface area contributed by atoms with Gasteiger partial charge in [-0.3, -0.25) is 9.59 Å². The van der Waals surface area contributed by atoms with Crippen LogP contribution in [0.5, 0.6) is 5.75 Å². The monoisotopic (exact) mass is 430 g/mol. The molecule has 5 nitrogen and oxygen atoms in total. The van der Waals surface area contributed by atoms with E-state index in [4.69, 9.17) is 4.74 Å². The number of benzene rings is 3. The smallest absolute Gasteiger partial charge is 0.260 e. The van der Waals surface area contributed by atoms with Gasteiger partial charge in [0, 0.05) is 17.8 Å². The first-order valence-electron chi connectivity index (χ1n) is 11.0. The molecule has 0 atom stereocenters. The van der Waals surface area contributed by atoms with Gasteiger partial charge in [0.25, 0.3) is 11.8 Å². The largest absolute Gasteiger partial charge is 0.494 e. The zero-order chi connectivity index (χ0) is 22.9. The van der Waals surface area contributed by atoms with Crippen molar-refractivity contribution in [2.24, 2.45) is 5.92 Å². The van der Waals surface area contributed by atoms with Crippen LogP contribution in [0.2, 0.25) is 0 Å². The SMILES string of the molecule is CCN(C(=O)c1ccccc1NC(=O)c1ccc(OCCC(C)C)cc1)c1ccccc1. The fraction of sp³-hybridized carbons (Fsp3) is 0.259. The molecular formula is C27H30N2O3. The number of carbonyl (C=O) groups is 2. The van der Waals surface area contributed by atoms with Crippen LogP contribution in [0.3, 0.4) is 0 Å². The minimum absolute atomic E-state index is 0.163. The van der Waals surface area contributed by atoms with Crippen molar-refractivity contribution in [3.8, 4) is 5.75 Å². The van der Waals surface area contributed by atoms with Gasteiger partial charge in [-0.25, -0.2) is 0 Å². The molecule has 0 heterocycles. The highest BCUT2D eigenvalue weighted by molar-refractivity contribution is 6.13. The lowest BCUT2D eigenvalue weighted by molar-refractivity contribution is 0.0989. The average molecular weight is 431 g/mol. The number of anilines is 2. The topological polar surface area (TPSA) is 58.6 Å². The van der Waals surface area contributed by atoms with Gasteiger partial charge in [-0.05, 0) is 67.8 Å². The Bertz CT molecular complexity index is 1030. The molecule has 0 spiro atoms. The van der Waals surface area contributed by atoms with Gasteiger partial charge >= 0.3 is 0 Å². The first kappa shape index (κ1) is 23.1. The van der Waals surface area contributed by atoms with E-state index in [2.05, 4.69) is 19.2 Å². The third kappa shape index (κ3) is 5.97. The summed E-state index contributed by atoms with van der Waals surface area (Å²) in [6.45, 7) is 7.40. The van der Waals surface area contributed by atoms with Gasteiger partial charge < -0.3 is 15.0 Å². The van der Waals surface area contributed by atoms with Crippen molar-refractivity contribution in [2.75, 3.05) is 23.4 Å². The maximum absolute atomic E-state index is 13.3. The highest BCUT2D eigenvalue weighted by atomic mass is 16.5. The van der Waals surface area contributed by atoms with E-state index in [0.29, 0.717) is 35.9 Å². The van der Waals surface area contributed by atoms with E-state index in [1.54, 1.807) is 53.4 Å². The second kappa shape index (κ2) is 11.1. The predicted molar refractivity (Wildman–Crippen MR) is 130 cm³/mol. The molecule has 0 aliphatic heterocycles. The molecule has 0 aliphatic carbocycles. The van der Waals surface area contributed by atoms with E-state index in [9.17, 15) is 9.59 Å². The number of ether oxygens (including phenoxy) is 1. The van der Waals surface area contributed by atoms with E-state index in [-0.39, 0.29) is 11.8 Å². The van der Waals surface area contributed by atoms with Crippen LogP contribution >= 0.6 is 0 Å². The van der Waals surface area contributed by atoms with Crippen LogP contribution in [0.15, 0.2) is 78.9 Å². The van der Waals surface area contributed by atoms with Gasteiger partial charge in [-0.1, -0.05) is 44.2 Å². The highest BCUT2D eigenvalue weighted by Crippen LogP contribution is 2.23. The van der Waals surface area contributed by atoms with Gasteiger partial charge in [-0.2, -0.15) is 0 Å². The summed E-state index contributed by atoms with van der Waals surface area (Å²) in [7, 11) is 0. The first-order valence-corrected chi connectivity index (χ1v) is 11.0. The minimum atomic E-state index is -0.276. The molecule has 0 bridgehead atoms. The van der Waals surface area contributed by atoms with Crippen LogP contribution < -0.4 is 15.0 Å². The predicted octanol–water partition coefficient (Wildman–Crippen LogP) is 6.03. The Labute approximate surface area is 190 Å². The standard InChI is InChI=1S/C27H30N2O3/c1-4-29(22-10-6-5-7-11-22)27(31)24-12-8-9-13-25(24)28-26(30)21-14-16-23(17-15-21)32-19-18-20(2)3/h5-17,20H,4,18-19H2,1-3H3,(H,28,30). The molecule has 0 aliphatic rings. The number of carbonyl (C=O) groups excluding carboxylic acids is 2. The number of nitrogens with zero attached hydrogens (tertiary/aromatic N) is 1. The van der Waals surface area contributed by atoms with Crippen LogP contribution in [0, 0.1) is 5.92 Å². The molecule has 0 radical (unpaired) electrons. The van der Waals surface area contributed by atoms with Crippen molar-refractivity contribution in [2.45, 2.75) is 27.2 Å². The normalized spacial score (nSPS) is 10.6. The van der Waals surface area contributed by atoms with Crippen LogP contribution in [0.4, 0.5) is 11.4 Å². The summed E-state index contributed by atoms with van der Waals surface area (Å²) in [6, 6.07) is 23.6. The van der Waals surface area contributed by atoms with E-state index < -0.39 is 0 Å². The zero-order valence-electron chi connectivity index (χ0n) is 18.9. The molecule has 5 heteroatoms. The number of nitrogens with one attached hydrogen (secondary N) is 1. The van der Waals surface area contributed by atoms with Crippen molar-refractivity contribution >= 4 is 23.2 Å². The van der Waals surface area contributed by atoms with Gasteiger partial charge in [0.05, 0.1) is 17.9 Å². The second-order valence-corrected chi connectivity index (χ2v) is 7.94. The maximum atomic E-state index is 13.3. The lowest BCUT2D eigenvalue weighted by Crippen LogP contribution is -2.31. The third-order valence-corrected chi connectivity index (χ3v) is 5.12. The van der Waals surface area contributed by atoms with Crippen LogP contribution in [0.25, 0.3) is 0 Å². The number of para-hydroxylation sites is 2. The number of hydrogen-bond donors (Lipinski definition) is 1. The van der Waals surface area contributed by atoms with Gasteiger partial charge in [0.15, 0.2) is 0 Å². The molecule has 3 rings (SSSR count). The molecule has 0 saturated heterocycles. The number of rotatable bonds is 9. The van der Waals surface area contributed by atoms with Crippen LogP contribution in [-0.2, 0) is 0 Å². The minimum Gasteiger partial charge on any atom is -0.494 e. The Morgan fingerprint density at radius 1 is 0.906 bits per heavy atom. The summed E-state index contributed by atoms with van der Waals surface area (Å²) in [5.41, 5.74) is 2.24.